The molecule has 15 heteroatoms. The number of hydrazine groups is 1. The molecule has 4 heterocycles. The van der Waals surface area contributed by atoms with Crippen LogP contribution >= 0.6 is 0 Å². The molecule has 4 aliphatic rings. The topological polar surface area (TPSA) is 249 Å². The van der Waals surface area contributed by atoms with Crippen LogP contribution in [0.15, 0.2) is 60.8 Å². The molecule has 4 rings (SSSR count). The average molecular weight is 680 g/mol. The minimum absolute atomic E-state index is 0.0971. The van der Waals surface area contributed by atoms with Crippen molar-refractivity contribution in [1.82, 2.24) is 5.43 Å². The van der Waals surface area contributed by atoms with Gasteiger partial charge in [-0.3, -0.25) is 10.2 Å². The van der Waals surface area contributed by atoms with E-state index in [1.165, 1.54) is 6.08 Å². The van der Waals surface area contributed by atoms with Crippen LogP contribution in [0.3, 0.4) is 0 Å². The number of cyclic esters (lactones) is 1. The highest BCUT2D eigenvalue weighted by molar-refractivity contribution is 5.82. The molecule has 0 aliphatic carbocycles. The third kappa shape index (κ3) is 10.6. The molecule has 10 N–H and O–H groups in total. The van der Waals surface area contributed by atoms with E-state index in [2.05, 4.69) is 0 Å². The maximum absolute atomic E-state index is 12.8. The lowest BCUT2D eigenvalue weighted by Crippen LogP contribution is -2.62. The normalized spacial score (nSPS) is 46.4. The summed E-state index contributed by atoms with van der Waals surface area (Å²) in [4.78, 5) is 25.0. The summed E-state index contributed by atoms with van der Waals surface area (Å²) in [5.74, 6) is 0.870. The molecule has 14 atom stereocenters. The fourth-order valence-electron chi connectivity index (χ4n) is 6.12. The second kappa shape index (κ2) is 17.2. The predicted octanol–water partition coefficient (Wildman–Crippen LogP) is -0.975. The number of hydrogen-bond donors (Lipinski definition) is 8. The summed E-state index contributed by atoms with van der Waals surface area (Å²) >= 11 is 0. The van der Waals surface area contributed by atoms with Crippen LogP contribution in [-0.2, 0) is 33.3 Å². The zero-order valence-corrected chi connectivity index (χ0v) is 27.1. The maximum atomic E-state index is 12.8. The summed E-state index contributed by atoms with van der Waals surface area (Å²) in [7, 11) is 0. The number of ether oxygens (including phenoxy) is 5. The molecule has 0 aromatic rings. The molecular formula is C33H49N3O12. The van der Waals surface area contributed by atoms with Crippen LogP contribution in [0.25, 0.3) is 0 Å². The first-order valence-corrected chi connectivity index (χ1v) is 16.2. The van der Waals surface area contributed by atoms with Crippen LogP contribution in [0.2, 0.25) is 0 Å². The highest BCUT2D eigenvalue weighted by atomic mass is 16.7. The van der Waals surface area contributed by atoms with E-state index < -0.39 is 97.3 Å². The molecule has 0 spiro atoms. The van der Waals surface area contributed by atoms with Crippen molar-refractivity contribution in [2.75, 3.05) is 0 Å². The summed E-state index contributed by atoms with van der Waals surface area (Å²) in [6, 6.07) is -1.06. The number of aliphatic hydroxyl groups excluding tert-OH is 4. The largest absolute Gasteiger partial charge is 0.459 e. The first-order chi connectivity index (χ1) is 22.8. The molecule has 3 fully saturated rings. The van der Waals surface area contributed by atoms with Gasteiger partial charge < -0.3 is 55.0 Å². The predicted molar refractivity (Wildman–Crippen MR) is 170 cm³/mol. The van der Waals surface area contributed by atoms with Crippen LogP contribution in [0.4, 0.5) is 0 Å². The van der Waals surface area contributed by atoms with Crippen molar-refractivity contribution in [1.29, 1.82) is 0 Å². The molecular weight excluding hydrogens is 630 g/mol. The van der Waals surface area contributed by atoms with Crippen molar-refractivity contribution in [2.24, 2.45) is 17.5 Å². The zero-order chi connectivity index (χ0) is 35.0. The van der Waals surface area contributed by atoms with Crippen LogP contribution in [-0.4, -0.2) is 117 Å². The molecule has 4 aliphatic heterocycles. The number of hydrogen-bond acceptors (Lipinski definition) is 14. The SMILES string of the molecule is C[C@@H]1C/C=C/C=C/C=C/C=C/[C@H](OC2O[C@H](C)[C@@H](O)[C@H](N)C2O)CC2OC(O)(CC(O)[C@H]2C(=O)NN)C[C@@H](O)C[C@H]2OC2/C=C/C(=O)O1. The van der Waals surface area contributed by atoms with E-state index in [0.29, 0.717) is 6.42 Å². The summed E-state index contributed by atoms with van der Waals surface area (Å²) in [6.07, 6.45) is 6.01. The summed E-state index contributed by atoms with van der Waals surface area (Å²) in [5.41, 5.74) is 8.03. The van der Waals surface area contributed by atoms with E-state index in [-0.39, 0.29) is 25.4 Å². The fourth-order valence-corrected chi connectivity index (χ4v) is 6.12. The lowest BCUT2D eigenvalue weighted by atomic mass is 9.82. The van der Waals surface area contributed by atoms with Gasteiger partial charge in [-0.15, -0.1) is 0 Å². The van der Waals surface area contributed by atoms with E-state index in [1.807, 2.05) is 17.6 Å². The van der Waals surface area contributed by atoms with Crippen molar-refractivity contribution >= 4 is 11.9 Å². The minimum atomic E-state index is -2.06. The number of nitrogens with two attached hydrogens (primary N) is 2. The van der Waals surface area contributed by atoms with E-state index in [4.69, 9.17) is 35.3 Å². The monoisotopic (exact) mass is 679 g/mol. The lowest BCUT2D eigenvalue weighted by molar-refractivity contribution is -0.306. The van der Waals surface area contributed by atoms with Gasteiger partial charge in [-0.1, -0.05) is 48.6 Å². The van der Waals surface area contributed by atoms with Crippen LogP contribution in [0, 0.1) is 5.92 Å². The molecule has 0 saturated carbocycles. The van der Waals surface area contributed by atoms with Gasteiger partial charge in [0.25, 0.3) is 0 Å². The van der Waals surface area contributed by atoms with Gasteiger partial charge in [0.15, 0.2) is 12.1 Å². The first-order valence-electron chi connectivity index (χ1n) is 16.2. The number of carbonyl (C=O) groups is 2. The molecule has 48 heavy (non-hydrogen) atoms. The minimum Gasteiger partial charge on any atom is -0.459 e. The number of amides is 1. The molecule has 268 valence electrons. The molecule has 15 nitrogen and oxygen atoms in total. The van der Waals surface area contributed by atoms with Crippen LogP contribution in [0.1, 0.15) is 46.0 Å². The molecule has 3 saturated heterocycles. The number of fused-ring (bicyclic) bond motifs is 3. The van der Waals surface area contributed by atoms with Gasteiger partial charge in [0.05, 0.1) is 54.7 Å². The van der Waals surface area contributed by atoms with Crippen LogP contribution in [0.5, 0.6) is 0 Å². The van der Waals surface area contributed by atoms with Crippen molar-refractivity contribution in [3.05, 3.63) is 60.8 Å². The van der Waals surface area contributed by atoms with Gasteiger partial charge in [0.1, 0.15) is 18.3 Å². The fraction of sp³-hybridized carbons (Fsp3) is 0.636. The average Bonchev–Trinajstić information content (AvgIpc) is 3.76. The second-order valence-electron chi connectivity index (χ2n) is 12.7. The van der Waals surface area contributed by atoms with Gasteiger partial charge in [-0.05, 0) is 19.9 Å². The number of esters is 1. The Labute approximate surface area is 279 Å². The van der Waals surface area contributed by atoms with Crippen molar-refractivity contribution in [3.8, 4) is 0 Å². The standard InChI is InChI=1S/C33H49N3O12/c1-18-10-8-6-4-3-5-7-9-11-21(46-32-30(41)28(34)29(40)19(2)45-32)15-25-27(31(42)36-35)22(38)17-33(43,48-25)16-20(37)14-24-23(47-24)12-13-26(39)44-18/h3-9,11-13,18-25,27-30,32,37-38,40-41,43H,10,14-17,34-35H2,1-2H3,(H,36,42)/b4-3+,7-5+,8-6+,11-9+,13-12+/t18-,19-,20+,21+,22?,23?,24-,25?,27-,28+,29-,30?,32?,33?/m1/s1. The number of carbonyl (C=O) groups excluding carboxylic acids is 2. The Morgan fingerprint density at radius 2 is 1.67 bits per heavy atom. The van der Waals surface area contributed by atoms with E-state index in [0.717, 1.165) is 0 Å². The molecule has 2 bridgehead atoms. The first kappa shape index (κ1) is 38.0. The second-order valence-corrected chi connectivity index (χ2v) is 12.7. The Morgan fingerprint density at radius 3 is 2.40 bits per heavy atom. The van der Waals surface area contributed by atoms with Crippen molar-refractivity contribution < 1.29 is 58.8 Å². The highest BCUT2D eigenvalue weighted by Crippen LogP contribution is 2.39. The molecule has 0 radical (unpaired) electrons. The highest BCUT2D eigenvalue weighted by Gasteiger charge is 2.51. The third-order valence-corrected chi connectivity index (χ3v) is 8.74. The van der Waals surface area contributed by atoms with Gasteiger partial charge in [-0.2, -0.15) is 0 Å². The molecule has 0 aromatic heterocycles. The van der Waals surface area contributed by atoms with Crippen molar-refractivity contribution in [3.63, 3.8) is 0 Å². The van der Waals surface area contributed by atoms with Gasteiger partial charge in [0.2, 0.25) is 5.91 Å². The van der Waals surface area contributed by atoms with Crippen LogP contribution < -0.4 is 17.0 Å². The number of epoxide rings is 1. The number of allylic oxidation sites excluding steroid dienone is 6. The zero-order valence-electron chi connectivity index (χ0n) is 27.1. The quantitative estimate of drug-likeness (QED) is 0.0588. The number of rotatable bonds is 3. The van der Waals surface area contributed by atoms with Gasteiger partial charge in [-0.25, -0.2) is 10.6 Å². The smallest absolute Gasteiger partial charge is 0.330 e. The maximum Gasteiger partial charge on any atom is 0.330 e. The Hall–Kier alpha value is -2.80. The Morgan fingerprint density at radius 1 is 0.958 bits per heavy atom. The lowest BCUT2D eigenvalue weighted by Gasteiger charge is -2.45. The molecule has 0 aromatic carbocycles. The van der Waals surface area contributed by atoms with Gasteiger partial charge >= 0.3 is 5.97 Å². The number of aliphatic hydroxyl groups is 5. The summed E-state index contributed by atoms with van der Waals surface area (Å²) < 4.78 is 28.8. The Kier molecular flexibility index (Phi) is 13.6. The number of nitrogens with one attached hydrogen (secondary N) is 1. The Balaban J connectivity index is 1.60. The van der Waals surface area contributed by atoms with E-state index in [1.54, 1.807) is 56.4 Å². The molecule has 1 amide bonds. The Bertz CT molecular complexity index is 1240. The summed E-state index contributed by atoms with van der Waals surface area (Å²) in [5, 5.41) is 54.4. The molecule has 6 unspecified atom stereocenters. The third-order valence-electron chi connectivity index (χ3n) is 8.74. The van der Waals surface area contributed by atoms with Gasteiger partial charge in [0, 0.05) is 38.2 Å². The van der Waals surface area contributed by atoms with E-state index in [9.17, 15) is 35.1 Å². The summed E-state index contributed by atoms with van der Waals surface area (Å²) in [6.45, 7) is 3.36. The van der Waals surface area contributed by atoms with Crippen molar-refractivity contribution in [2.45, 2.75) is 125 Å². The van der Waals surface area contributed by atoms with E-state index >= 15 is 0 Å².